The Morgan fingerprint density at radius 2 is 1.29 bits per heavy atom. The number of methoxy groups -OCH3 is 1. The molecule has 5 aromatic carbocycles. The number of aryl methyl sites for hydroxylation is 1. The maximum atomic E-state index is 14.3. The Bertz CT molecular complexity index is 2200. The van der Waals surface area contributed by atoms with Gasteiger partial charge in [0.25, 0.3) is 0 Å². The first-order chi connectivity index (χ1) is 27.3. The molecule has 0 aliphatic carbocycles. The molecule has 7 rings (SSSR count). The van der Waals surface area contributed by atoms with E-state index in [1.54, 1.807) is 6.07 Å². The molecular formula is C46H47NO9. The smallest absolute Gasteiger partial charge is 0.412 e. The van der Waals surface area contributed by atoms with Crippen LogP contribution in [-0.2, 0) is 52.5 Å². The fourth-order valence-electron chi connectivity index (χ4n) is 7.56. The Morgan fingerprint density at radius 3 is 1.84 bits per heavy atom. The minimum absolute atomic E-state index is 0.328. The van der Waals surface area contributed by atoms with Crippen LogP contribution in [-0.4, -0.2) is 67.6 Å². The van der Waals surface area contributed by atoms with E-state index in [9.17, 15) is 19.5 Å². The summed E-state index contributed by atoms with van der Waals surface area (Å²) in [6.45, 7) is 1.40. The molecule has 0 spiro atoms. The van der Waals surface area contributed by atoms with Crippen molar-refractivity contribution < 1.29 is 43.2 Å². The fraction of sp³-hybridized carbons (Fsp3) is 0.326. The van der Waals surface area contributed by atoms with Gasteiger partial charge in [-0.15, -0.1) is 0 Å². The van der Waals surface area contributed by atoms with Crippen molar-refractivity contribution in [3.05, 3.63) is 138 Å². The zero-order chi connectivity index (χ0) is 39.0. The molecule has 10 heteroatoms. The predicted octanol–water partition coefficient (Wildman–Crippen LogP) is 7.73. The number of aliphatic hydroxyl groups excluding tert-OH is 1. The summed E-state index contributed by atoms with van der Waals surface area (Å²) in [5, 5.41) is 17.5. The van der Waals surface area contributed by atoms with Crippen LogP contribution in [0.15, 0.2) is 121 Å². The lowest BCUT2D eigenvalue weighted by atomic mass is 9.91. The number of esters is 2. The summed E-state index contributed by atoms with van der Waals surface area (Å²) in [4.78, 5) is 42.0. The molecule has 2 aliphatic rings. The number of allylic oxidation sites excluding steroid dienone is 2. The molecule has 2 N–H and O–H groups in total. The number of hydrogen-bond acceptors (Lipinski definition) is 9. The van der Waals surface area contributed by atoms with Gasteiger partial charge in [-0.2, -0.15) is 0 Å². The number of aliphatic hydroxyl groups is 1. The molecule has 5 aromatic rings. The average molecular weight is 758 g/mol. The van der Waals surface area contributed by atoms with Crippen LogP contribution >= 0.6 is 0 Å². The first kappa shape index (κ1) is 38.7. The third-order valence-corrected chi connectivity index (χ3v) is 10.6. The molecule has 56 heavy (non-hydrogen) atoms. The number of hydrogen-bond donors (Lipinski definition) is 2. The lowest BCUT2D eigenvalue weighted by Crippen LogP contribution is -2.63. The molecule has 290 valence electrons. The quantitative estimate of drug-likeness (QED) is 0.0882. The van der Waals surface area contributed by atoms with Gasteiger partial charge in [-0.25, -0.2) is 4.79 Å². The Morgan fingerprint density at radius 1 is 0.714 bits per heavy atom. The van der Waals surface area contributed by atoms with Crippen LogP contribution in [0.25, 0.3) is 21.5 Å². The van der Waals surface area contributed by atoms with Crippen molar-refractivity contribution >= 4 is 45.3 Å². The van der Waals surface area contributed by atoms with Gasteiger partial charge in [0, 0.05) is 12.8 Å². The zero-order valence-electron chi connectivity index (χ0n) is 31.5. The monoisotopic (exact) mass is 757 g/mol. The van der Waals surface area contributed by atoms with Gasteiger partial charge in [-0.05, 0) is 82.5 Å². The van der Waals surface area contributed by atoms with Crippen molar-refractivity contribution in [3.8, 4) is 0 Å². The maximum Gasteiger partial charge on any atom is 0.412 e. The molecular weight excluding hydrogens is 711 g/mol. The van der Waals surface area contributed by atoms with Gasteiger partial charge in [0.2, 0.25) is 0 Å². The average Bonchev–Trinajstić information content (AvgIpc) is 3.22. The highest BCUT2D eigenvalue weighted by Crippen LogP contribution is 2.33. The second-order valence-corrected chi connectivity index (χ2v) is 14.4. The maximum absolute atomic E-state index is 14.3. The molecule has 7 atom stereocenters. The Hall–Kier alpha value is -5.55. The van der Waals surface area contributed by atoms with E-state index in [1.165, 1.54) is 7.11 Å². The van der Waals surface area contributed by atoms with Crippen molar-refractivity contribution in [1.82, 2.24) is 0 Å². The Balaban J connectivity index is 1.23. The van der Waals surface area contributed by atoms with Crippen LogP contribution < -0.4 is 5.32 Å². The third kappa shape index (κ3) is 9.11. The summed E-state index contributed by atoms with van der Waals surface area (Å²) in [5.41, 5.74) is 3.40. The second kappa shape index (κ2) is 17.9. The van der Waals surface area contributed by atoms with Gasteiger partial charge in [0.15, 0.2) is 24.6 Å². The predicted molar refractivity (Wildman–Crippen MR) is 213 cm³/mol. The number of carbonyl (C=O) groups is 3. The van der Waals surface area contributed by atoms with Gasteiger partial charge in [-0.3, -0.25) is 14.9 Å². The molecule has 0 aromatic heterocycles. The van der Waals surface area contributed by atoms with E-state index in [1.807, 2.05) is 110 Å². The van der Waals surface area contributed by atoms with Crippen molar-refractivity contribution in [2.24, 2.45) is 11.8 Å². The van der Waals surface area contributed by atoms with Gasteiger partial charge in [0.1, 0.15) is 6.10 Å². The van der Waals surface area contributed by atoms with E-state index < -0.39 is 67.2 Å². The van der Waals surface area contributed by atoms with Crippen LogP contribution in [0.5, 0.6) is 0 Å². The summed E-state index contributed by atoms with van der Waals surface area (Å²) < 4.78 is 30.2. The number of rotatable bonds is 9. The van der Waals surface area contributed by atoms with E-state index in [-0.39, 0.29) is 0 Å². The van der Waals surface area contributed by atoms with Crippen LogP contribution in [0.1, 0.15) is 36.5 Å². The summed E-state index contributed by atoms with van der Waals surface area (Å²) in [7, 11) is 1.37. The van der Waals surface area contributed by atoms with Crippen molar-refractivity contribution in [1.29, 1.82) is 0 Å². The van der Waals surface area contributed by atoms with Crippen LogP contribution in [0.4, 0.5) is 10.5 Å². The normalized spacial score (nSPS) is 24.9. The lowest BCUT2D eigenvalue weighted by Gasteiger charge is -2.44. The third-order valence-electron chi connectivity index (χ3n) is 10.6. The molecule has 0 bridgehead atoms. The topological polar surface area (TPSA) is 130 Å². The highest BCUT2D eigenvalue weighted by Gasteiger charge is 2.53. The number of fused-ring (bicyclic) bond motifs is 3. The lowest BCUT2D eigenvalue weighted by molar-refractivity contribution is -0.300. The van der Waals surface area contributed by atoms with Crippen LogP contribution in [0.2, 0.25) is 0 Å². The van der Waals surface area contributed by atoms with Crippen LogP contribution in [0.3, 0.4) is 0 Å². The van der Waals surface area contributed by atoms with Crippen molar-refractivity contribution in [3.63, 3.8) is 0 Å². The Labute approximate surface area is 326 Å². The summed E-state index contributed by atoms with van der Waals surface area (Å²) >= 11 is 0. The van der Waals surface area contributed by atoms with E-state index in [0.717, 1.165) is 44.7 Å². The SMILES string of the molecule is CCc1cccc(NC(=O)OC2C(CO)OC(OC)C3OC(=O)C(Cc4ccc5ccccc5c4)C/C=C/CC(Cc4ccc5ccccc5c4)C(=O)OC23)c1. The minimum Gasteiger partial charge on any atom is -0.454 e. The van der Waals surface area contributed by atoms with Gasteiger partial charge in [0.05, 0.1) is 18.4 Å². The van der Waals surface area contributed by atoms with Gasteiger partial charge in [-0.1, -0.05) is 116 Å². The molecule has 2 aliphatic heterocycles. The highest BCUT2D eigenvalue weighted by atomic mass is 16.7. The van der Waals surface area contributed by atoms with E-state index in [4.69, 9.17) is 23.7 Å². The van der Waals surface area contributed by atoms with Gasteiger partial charge >= 0.3 is 18.0 Å². The van der Waals surface area contributed by atoms with Crippen LogP contribution in [0, 0.1) is 11.8 Å². The number of amides is 1. The largest absolute Gasteiger partial charge is 0.454 e. The number of nitrogens with one attached hydrogen (secondary N) is 1. The zero-order valence-corrected chi connectivity index (χ0v) is 31.5. The number of carbonyl (C=O) groups excluding carboxylic acids is 3. The minimum atomic E-state index is -1.39. The second-order valence-electron chi connectivity index (χ2n) is 14.4. The highest BCUT2D eigenvalue weighted by molar-refractivity contribution is 5.86. The fourth-order valence-corrected chi connectivity index (χ4v) is 7.56. The van der Waals surface area contributed by atoms with Gasteiger partial charge < -0.3 is 28.8 Å². The molecule has 7 unspecified atom stereocenters. The summed E-state index contributed by atoms with van der Waals surface area (Å²) in [6.07, 6.45) is -1.40. The molecule has 1 amide bonds. The number of anilines is 1. The number of benzene rings is 5. The summed E-state index contributed by atoms with van der Waals surface area (Å²) in [6, 6.07) is 35.6. The van der Waals surface area contributed by atoms with E-state index in [0.29, 0.717) is 31.4 Å². The molecule has 1 saturated heterocycles. The molecule has 10 nitrogen and oxygen atoms in total. The first-order valence-electron chi connectivity index (χ1n) is 19.2. The summed E-state index contributed by atoms with van der Waals surface area (Å²) in [5.74, 6) is -2.41. The molecule has 2 heterocycles. The Kier molecular flexibility index (Phi) is 12.4. The van der Waals surface area contributed by atoms with Crippen molar-refractivity contribution in [2.75, 3.05) is 19.0 Å². The standard InChI is InChI=1S/C46H47NO9/c1-3-29-11-10-18-38(27-29)47-46(51)56-40-39(28-48)53-45(52-2)42-41(40)54-43(49)36(25-30-19-21-32-12-4-6-14-34(32)23-30)16-8-9-17-37(44(50)55-42)26-31-20-22-33-13-5-7-15-35(33)24-31/h4-15,18-24,27,36-37,39-42,45,48H,3,16-17,25-26,28H2,1-2H3,(H,47,51)/b9-8+. The van der Waals surface area contributed by atoms with E-state index >= 15 is 0 Å². The molecule has 1 fully saturated rings. The van der Waals surface area contributed by atoms with Crippen molar-refractivity contribution in [2.45, 2.75) is 69.7 Å². The molecule has 0 radical (unpaired) electrons. The van der Waals surface area contributed by atoms with E-state index in [2.05, 4.69) is 17.4 Å². The first-order valence-corrected chi connectivity index (χ1v) is 19.2. The molecule has 0 saturated carbocycles. The number of ether oxygens (including phenoxy) is 5.